The summed E-state index contributed by atoms with van der Waals surface area (Å²) in [5.74, 6) is -1.01. The van der Waals surface area contributed by atoms with Crippen molar-refractivity contribution in [1.29, 1.82) is 0 Å². The number of hydrogen-bond acceptors (Lipinski definition) is 9. The summed E-state index contributed by atoms with van der Waals surface area (Å²) in [4.78, 5) is 11.0. The zero-order chi connectivity index (χ0) is 13.7. The Labute approximate surface area is 115 Å². The molecule has 0 aliphatic rings. The lowest BCUT2D eigenvalue weighted by Gasteiger charge is -2.43. The summed E-state index contributed by atoms with van der Waals surface area (Å²) in [6.07, 6.45) is -1.30. The average Bonchev–Trinajstić information content (AvgIpc) is 2.27. The number of rotatable bonds is 7. The summed E-state index contributed by atoms with van der Waals surface area (Å²) in [5, 5.41) is 36.4. The van der Waals surface area contributed by atoms with Crippen molar-refractivity contribution in [2.45, 2.75) is 9.52 Å². The molecule has 1 unspecified atom stereocenters. The fourth-order valence-electron chi connectivity index (χ4n) is 1.20. The van der Waals surface area contributed by atoms with E-state index in [2.05, 4.69) is 37.9 Å². The quantitative estimate of drug-likeness (QED) is 0.172. The van der Waals surface area contributed by atoms with E-state index < -0.39 is 47.3 Å². The Balaban J connectivity index is 5.19. The van der Waals surface area contributed by atoms with Crippen molar-refractivity contribution in [2.75, 3.05) is 26.4 Å². The predicted octanol–water partition coefficient (Wildman–Crippen LogP) is -1.70. The topological polar surface area (TPSA) is 107 Å². The Kier molecular flexibility index (Phi) is 7.22. The molecule has 0 aliphatic carbocycles. The molecule has 1 atom stereocenters. The van der Waals surface area contributed by atoms with E-state index >= 15 is 0 Å². The zero-order valence-corrected chi connectivity index (χ0v) is 11.5. The number of aliphatic hydroxyl groups is 4. The Morgan fingerprint density at radius 1 is 1.12 bits per heavy atom. The lowest BCUT2D eigenvalue weighted by Crippen LogP contribution is -2.55. The molecule has 102 valence electrons. The smallest absolute Gasteiger partial charge is 0.332 e. The van der Waals surface area contributed by atoms with Gasteiger partial charge in [0.05, 0.1) is 25.2 Å². The normalized spacial score (nSPS) is 14.5. The second-order valence-electron chi connectivity index (χ2n) is 3.43. The van der Waals surface area contributed by atoms with E-state index in [4.69, 9.17) is 14.9 Å². The minimum Gasteiger partial charge on any atom is -0.457 e. The molecular weight excluding hydrogens is 288 g/mol. The molecule has 0 rings (SSSR count). The maximum absolute atomic E-state index is 11.0. The predicted molar refractivity (Wildman–Crippen MR) is 70.3 cm³/mol. The number of thiol groups is 3. The molecule has 0 amide bonds. The Hall–Kier alpha value is 0.360. The summed E-state index contributed by atoms with van der Waals surface area (Å²) < 4.78 is 3.20. The Morgan fingerprint density at radius 3 is 1.82 bits per heavy atom. The molecule has 0 aromatic rings. The molecule has 0 heterocycles. The molecule has 0 fully saturated rings. The average molecular weight is 304 g/mol. The highest BCUT2D eigenvalue weighted by atomic mass is 32.2. The largest absolute Gasteiger partial charge is 0.457 e. The number of carbonyl (C=O) groups is 1. The molecule has 17 heavy (non-hydrogen) atoms. The minimum atomic E-state index is -1.58. The third-order valence-corrected chi connectivity index (χ3v) is 3.75. The minimum absolute atomic E-state index is 0.677. The maximum atomic E-state index is 11.0. The molecule has 0 spiro atoms. The van der Waals surface area contributed by atoms with Gasteiger partial charge < -0.3 is 25.2 Å². The Morgan fingerprint density at radius 2 is 1.59 bits per heavy atom. The lowest BCUT2D eigenvalue weighted by molar-refractivity contribution is -0.168. The van der Waals surface area contributed by atoms with Gasteiger partial charge in [-0.25, -0.2) is 4.79 Å². The monoisotopic (exact) mass is 304 g/mol. The SMILES string of the molecule is O=C(CO)OC(CO)C(CO)(CO)C(S)(S)S. The first-order valence-corrected chi connectivity index (χ1v) is 5.93. The third-order valence-electron chi connectivity index (χ3n) is 2.42. The molecule has 0 aliphatic heterocycles. The van der Waals surface area contributed by atoms with E-state index in [1.807, 2.05) is 0 Å². The number of ether oxygens (including phenoxy) is 1. The molecule has 4 N–H and O–H groups in total. The van der Waals surface area contributed by atoms with Gasteiger partial charge in [-0.05, 0) is 0 Å². The molecule has 0 aromatic heterocycles. The van der Waals surface area contributed by atoms with Crippen molar-refractivity contribution < 1.29 is 30.0 Å². The highest BCUT2D eigenvalue weighted by Gasteiger charge is 2.52. The van der Waals surface area contributed by atoms with Gasteiger partial charge in [-0.3, -0.25) is 0 Å². The molecular formula is C8H16O6S3. The van der Waals surface area contributed by atoms with Crippen LogP contribution >= 0.6 is 37.9 Å². The fraction of sp³-hybridized carbons (Fsp3) is 0.875. The summed E-state index contributed by atoms with van der Waals surface area (Å²) in [5.41, 5.74) is -1.58. The van der Waals surface area contributed by atoms with Gasteiger partial charge in [-0.15, -0.1) is 0 Å². The molecule has 0 radical (unpaired) electrons. The van der Waals surface area contributed by atoms with Crippen molar-refractivity contribution in [3.8, 4) is 0 Å². The summed E-state index contributed by atoms with van der Waals surface area (Å²) in [6, 6.07) is 0. The van der Waals surface area contributed by atoms with Crippen LogP contribution in [0.3, 0.4) is 0 Å². The van der Waals surface area contributed by atoms with Gasteiger partial charge in [0.25, 0.3) is 0 Å². The first-order valence-electron chi connectivity index (χ1n) is 4.59. The van der Waals surface area contributed by atoms with Gasteiger partial charge in [-0.1, -0.05) is 0 Å². The van der Waals surface area contributed by atoms with Crippen LogP contribution in [-0.4, -0.2) is 62.3 Å². The van der Waals surface area contributed by atoms with Crippen LogP contribution < -0.4 is 0 Å². The van der Waals surface area contributed by atoms with Crippen LogP contribution in [0.5, 0.6) is 0 Å². The van der Waals surface area contributed by atoms with Crippen LogP contribution in [0, 0.1) is 5.41 Å². The molecule has 6 nitrogen and oxygen atoms in total. The van der Waals surface area contributed by atoms with E-state index in [0.29, 0.717) is 0 Å². The fourth-order valence-corrected chi connectivity index (χ4v) is 2.06. The van der Waals surface area contributed by atoms with Crippen LogP contribution in [-0.2, 0) is 9.53 Å². The molecule has 0 bridgehead atoms. The van der Waals surface area contributed by atoms with E-state index in [9.17, 15) is 15.0 Å². The van der Waals surface area contributed by atoms with Crippen LogP contribution in [0.15, 0.2) is 0 Å². The van der Waals surface area contributed by atoms with E-state index in [1.54, 1.807) is 0 Å². The van der Waals surface area contributed by atoms with Crippen molar-refractivity contribution in [3.63, 3.8) is 0 Å². The molecule has 9 heteroatoms. The van der Waals surface area contributed by atoms with E-state index in [-0.39, 0.29) is 0 Å². The number of aliphatic hydroxyl groups excluding tert-OH is 4. The standard InChI is InChI=1S/C8H16O6S3/c9-1-5(14-6(13)2-10)7(3-11,4-12)8(15,16)17/h5,9-12,15-17H,1-4H2. The van der Waals surface area contributed by atoms with Gasteiger partial charge in [0.2, 0.25) is 0 Å². The first kappa shape index (κ1) is 17.4. The molecule has 0 aromatic carbocycles. The number of hydrogen-bond donors (Lipinski definition) is 7. The lowest BCUT2D eigenvalue weighted by atomic mass is 9.85. The Bertz CT molecular complexity index is 250. The van der Waals surface area contributed by atoms with Crippen LogP contribution in [0.4, 0.5) is 0 Å². The van der Waals surface area contributed by atoms with Crippen molar-refractivity contribution >= 4 is 43.9 Å². The van der Waals surface area contributed by atoms with Gasteiger partial charge in [0.15, 0.2) is 0 Å². The van der Waals surface area contributed by atoms with Gasteiger partial charge >= 0.3 is 5.97 Å². The van der Waals surface area contributed by atoms with Crippen LogP contribution in [0.1, 0.15) is 0 Å². The number of carbonyl (C=O) groups excluding carboxylic acids is 1. The first-order chi connectivity index (χ1) is 7.78. The van der Waals surface area contributed by atoms with E-state index in [1.165, 1.54) is 0 Å². The second-order valence-corrected chi connectivity index (χ2v) is 6.50. The summed E-state index contributed by atoms with van der Waals surface area (Å²) in [6.45, 7) is -2.92. The maximum Gasteiger partial charge on any atom is 0.332 e. The highest BCUT2D eigenvalue weighted by molar-refractivity contribution is 8.17. The molecule has 0 saturated heterocycles. The van der Waals surface area contributed by atoms with Crippen LogP contribution in [0.25, 0.3) is 0 Å². The summed E-state index contributed by atoms with van der Waals surface area (Å²) in [7, 11) is 0. The highest BCUT2D eigenvalue weighted by Crippen LogP contribution is 2.46. The van der Waals surface area contributed by atoms with Gasteiger partial charge in [-0.2, -0.15) is 37.9 Å². The molecule has 0 saturated carbocycles. The van der Waals surface area contributed by atoms with Gasteiger partial charge in [0, 0.05) is 0 Å². The third kappa shape index (κ3) is 3.91. The zero-order valence-electron chi connectivity index (χ0n) is 8.85. The summed E-state index contributed by atoms with van der Waals surface area (Å²) >= 11 is 12.0. The van der Waals surface area contributed by atoms with Crippen molar-refractivity contribution in [1.82, 2.24) is 0 Å². The second kappa shape index (κ2) is 7.07. The number of esters is 1. The van der Waals surface area contributed by atoms with Crippen molar-refractivity contribution in [3.05, 3.63) is 0 Å². The van der Waals surface area contributed by atoms with Crippen molar-refractivity contribution in [2.24, 2.45) is 5.41 Å². The van der Waals surface area contributed by atoms with E-state index in [0.717, 1.165) is 0 Å². The van der Waals surface area contributed by atoms with Gasteiger partial charge in [0.1, 0.15) is 16.1 Å². The van der Waals surface area contributed by atoms with Crippen LogP contribution in [0.2, 0.25) is 0 Å².